The molecule has 2 aromatic rings. The SMILES string of the molecule is COc1c[c]([Sn]([CH3])([CH3])[CH3])sc1-c1cc[c]([Sn]([CH3])([CH3])[CH3])s1. The molecule has 0 aliphatic carbocycles. The summed E-state index contributed by atoms with van der Waals surface area (Å²) in [5, 5.41) is 0. The predicted octanol–water partition coefficient (Wildman–Crippen LogP) is 4.58. The fraction of sp³-hybridized carbons (Fsp3) is 0.467. The van der Waals surface area contributed by atoms with Crippen LogP contribution in [-0.4, -0.2) is 43.9 Å². The number of hydrogen-bond donors (Lipinski definition) is 0. The Bertz CT molecular complexity index is 600. The fourth-order valence-corrected chi connectivity index (χ4v) is 14.6. The van der Waals surface area contributed by atoms with Crippen molar-refractivity contribution in [3.8, 4) is 15.5 Å². The Balaban J connectivity index is 2.47. The molecule has 0 unspecified atom stereocenters. The molecule has 1 nitrogen and oxygen atoms in total. The molecule has 0 saturated carbocycles. The molecule has 0 fully saturated rings. The third-order valence-corrected chi connectivity index (χ3v) is 24.5. The van der Waals surface area contributed by atoms with E-state index in [1.807, 2.05) is 22.7 Å². The van der Waals surface area contributed by atoms with Gasteiger partial charge in [0.25, 0.3) is 0 Å². The molecule has 0 amide bonds. The van der Waals surface area contributed by atoms with Crippen LogP contribution in [-0.2, 0) is 0 Å². The predicted molar refractivity (Wildman–Crippen MR) is 100 cm³/mol. The van der Waals surface area contributed by atoms with Crippen LogP contribution < -0.4 is 10.5 Å². The minimum atomic E-state index is -2.01. The van der Waals surface area contributed by atoms with Crippen LogP contribution in [0.4, 0.5) is 0 Å². The second-order valence-electron chi connectivity index (χ2n) is 7.17. The topological polar surface area (TPSA) is 9.23 Å². The number of rotatable bonds is 4. The van der Waals surface area contributed by atoms with Gasteiger partial charge in [-0.1, -0.05) is 0 Å². The summed E-state index contributed by atoms with van der Waals surface area (Å²) in [4.78, 5) is 17.6. The van der Waals surface area contributed by atoms with E-state index in [9.17, 15) is 0 Å². The molecule has 0 N–H and O–H groups in total. The number of thiophene rings is 2. The second-order valence-corrected chi connectivity index (χ2v) is 40.1. The van der Waals surface area contributed by atoms with Crippen LogP contribution in [0.3, 0.4) is 0 Å². The summed E-state index contributed by atoms with van der Waals surface area (Å²) < 4.78 is 8.88. The van der Waals surface area contributed by atoms with E-state index >= 15 is 0 Å². The maximum atomic E-state index is 5.64. The van der Waals surface area contributed by atoms with Crippen molar-refractivity contribution in [3.63, 3.8) is 0 Å². The molecule has 2 aromatic heterocycles. The molecule has 2 heterocycles. The van der Waals surface area contributed by atoms with Crippen molar-refractivity contribution >= 4 is 65.2 Å². The van der Waals surface area contributed by atoms with Crippen LogP contribution in [0.1, 0.15) is 0 Å². The van der Waals surface area contributed by atoms with Gasteiger partial charge in [-0.3, -0.25) is 0 Å². The van der Waals surface area contributed by atoms with Crippen molar-refractivity contribution < 1.29 is 4.74 Å². The quantitative estimate of drug-likeness (QED) is 0.536. The Morgan fingerprint density at radius 2 is 1.45 bits per heavy atom. The summed E-state index contributed by atoms with van der Waals surface area (Å²) in [7, 11) is 1.80. The standard InChI is InChI=1S/C9H6OS2.6CH3.2Sn/c1-10-7-4-6-12-9(7)8-3-2-5-11-8;;;;;;;;/h2-4H,1H3;6*1H3;;. The Hall–Kier alpha value is 0.797. The Morgan fingerprint density at radius 1 is 0.850 bits per heavy atom. The zero-order chi connectivity index (χ0) is 15.1. The van der Waals surface area contributed by atoms with Crippen LogP contribution >= 0.6 is 22.7 Å². The average molecular weight is 522 g/mol. The normalized spacial score (nSPS) is 12.8. The van der Waals surface area contributed by atoms with Crippen LogP contribution in [0.2, 0.25) is 29.6 Å². The Kier molecular flexibility index (Phi) is 5.25. The third-order valence-electron chi connectivity index (χ3n) is 3.23. The summed E-state index contributed by atoms with van der Waals surface area (Å²) in [6, 6.07) is 6.96. The zero-order valence-corrected chi connectivity index (χ0v) is 20.8. The van der Waals surface area contributed by atoms with E-state index in [1.165, 1.54) is 9.75 Å². The summed E-state index contributed by atoms with van der Waals surface area (Å²) >= 11 is 0.0174. The maximum absolute atomic E-state index is 5.64. The fourth-order valence-electron chi connectivity index (χ4n) is 1.93. The van der Waals surface area contributed by atoms with Gasteiger partial charge in [-0.2, -0.15) is 0 Å². The van der Waals surface area contributed by atoms with Gasteiger partial charge in [-0.05, 0) is 0 Å². The summed E-state index contributed by atoms with van der Waals surface area (Å²) in [6.45, 7) is 0. The first-order chi connectivity index (χ1) is 9.13. The van der Waals surface area contributed by atoms with Gasteiger partial charge in [0.1, 0.15) is 0 Å². The van der Waals surface area contributed by atoms with Crippen molar-refractivity contribution in [2.45, 2.75) is 29.6 Å². The van der Waals surface area contributed by atoms with Gasteiger partial charge < -0.3 is 0 Å². The molecule has 5 heteroatoms. The van der Waals surface area contributed by atoms with Crippen LogP contribution in [0, 0.1) is 0 Å². The molecular weight excluding hydrogens is 498 g/mol. The van der Waals surface area contributed by atoms with E-state index < -0.39 is 36.8 Å². The molecule has 0 atom stereocenters. The van der Waals surface area contributed by atoms with Gasteiger partial charge in [-0.15, -0.1) is 0 Å². The Morgan fingerprint density at radius 3 is 1.90 bits per heavy atom. The van der Waals surface area contributed by atoms with Gasteiger partial charge in [-0.25, -0.2) is 0 Å². The van der Waals surface area contributed by atoms with Crippen molar-refractivity contribution in [1.82, 2.24) is 0 Å². The van der Waals surface area contributed by atoms with E-state index in [0.29, 0.717) is 0 Å². The molecule has 0 spiro atoms. The molecule has 0 aromatic carbocycles. The van der Waals surface area contributed by atoms with Gasteiger partial charge in [0.15, 0.2) is 0 Å². The first kappa shape index (κ1) is 17.2. The molecule has 0 bridgehead atoms. The van der Waals surface area contributed by atoms with Gasteiger partial charge in [0.2, 0.25) is 0 Å². The molecule has 0 radical (unpaired) electrons. The van der Waals surface area contributed by atoms with Crippen molar-refractivity contribution in [1.29, 1.82) is 0 Å². The first-order valence-electron chi connectivity index (χ1n) is 6.92. The number of methoxy groups -OCH3 is 1. The van der Waals surface area contributed by atoms with E-state index in [4.69, 9.17) is 4.74 Å². The van der Waals surface area contributed by atoms with Crippen molar-refractivity contribution in [3.05, 3.63) is 18.2 Å². The molecule has 0 saturated heterocycles. The zero-order valence-electron chi connectivity index (χ0n) is 13.5. The number of hydrogen-bond acceptors (Lipinski definition) is 3. The molecule has 110 valence electrons. The summed E-state index contributed by atoms with van der Waals surface area (Å²) in [6.07, 6.45) is 0. The van der Waals surface area contributed by atoms with Crippen LogP contribution in [0.25, 0.3) is 9.75 Å². The molecular formula is C15H24OS2Sn2. The van der Waals surface area contributed by atoms with E-state index in [2.05, 4.69) is 47.8 Å². The van der Waals surface area contributed by atoms with E-state index in [0.717, 1.165) is 5.75 Å². The Labute approximate surface area is 139 Å². The third kappa shape index (κ3) is 3.76. The minimum absolute atomic E-state index is 1.08. The monoisotopic (exact) mass is 524 g/mol. The van der Waals surface area contributed by atoms with Crippen molar-refractivity contribution in [2.24, 2.45) is 0 Å². The molecule has 20 heavy (non-hydrogen) atoms. The average Bonchev–Trinajstić information content (AvgIpc) is 2.93. The van der Waals surface area contributed by atoms with Gasteiger partial charge in [0, 0.05) is 0 Å². The van der Waals surface area contributed by atoms with E-state index in [1.54, 1.807) is 12.9 Å². The van der Waals surface area contributed by atoms with Gasteiger partial charge in [0.05, 0.1) is 0 Å². The summed E-state index contributed by atoms with van der Waals surface area (Å²) in [5.74, 6) is 1.08. The van der Waals surface area contributed by atoms with Crippen LogP contribution in [0.15, 0.2) is 18.2 Å². The van der Waals surface area contributed by atoms with E-state index in [-0.39, 0.29) is 0 Å². The molecule has 2 rings (SSSR count). The van der Waals surface area contributed by atoms with Crippen molar-refractivity contribution in [2.75, 3.05) is 7.11 Å². The van der Waals surface area contributed by atoms with Gasteiger partial charge >= 0.3 is 140 Å². The molecule has 0 aliphatic heterocycles. The van der Waals surface area contributed by atoms with Crippen LogP contribution in [0.5, 0.6) is 5.75 Å². The second kappa shape index (κ2) is 6.12. The first-order valence-corrected chi connectivity index (χ1v) is 28.5. The summed E-state index contributed by atoms with van der Waals surface area (Å²) in [5.41, 5.74) is 0. The number of ether oxygens (including phenoxy) is 1. The molecule has 0 aliphatic rings.